The van der Waals surface area contributed by atoms with Crippen LogP contribution in [0.25, 0.3) is 0 Å². The van der Waals surface area contributed by atoms with Gasteiger partial charge in [-0.3, -0.25) is 0 Å². The van der Waals surface area contributed by atoms with Crippen LogP contribution in [0.1, 0.15) is 17.2 Å². The monoisotopic (exact) mass is 315 g/mol. The molecule has 0 aliphatic rings. The normalized spacial score (nSPS) is 13.2. The zero-order chi connectivity index (χ0) is 15.8. The molecule has 1 atom stereocenters. The molecule has 2 aromatic carbocycles. The summed E-state index contributed by atoms with van der Waals surface area (Å²) in [7, 11) is -3.37. The molecule has 0 aliphatic heterocycles. The zero-order valence-corrected chi connectivity index (χ0v) is 11.8. The largest absolute Gasteiger partial charge is 0.320 e. The fourth-order valence-corrected chi connectivity index (χ4v) is 2.57. The summed E-state index contributed by atoms with van der Waals surface area (Å²) in [6, 6.07) is 5.24. The van der Waals surface area contributed by atoms with Gasteiger partial charge in [-0.2, -0.15) is 0 Å². The predicted octanol–water partition coefficient (Wildman–Crippen LogP) is 2.56. The highest BCUT2D eigenvalue weighted by molar-refractivity contribution is 7.90. The summed E-state index contributed by atoms with van der Waals surface area (Å²) in [6.07, 6.45) is 1.04. The van der Waals surface area contributed by atoms with Gasteiger partial charge in [0.1, 0.15) is 17.5 Å². The summed E-state index contributed by atoms with van der Waals surface area (Å²) in [5.41, 5.74) is 5.62. The van der Waals surface area contributed by atoms with Crippen molar-refractivity contribution in [2.75, 3.05) is 6.26 Å². The van der Waals surface area contributed by atoms with Gasteiger partial charge in [0.05, 0.1) is 10.9 Å². The lowest BCUT2D eigenvalue weighted by Crippen LogP contribution is -2.16. The highest BCUT2D eigenvalue weighted by Crippen LogP contribution is 2.26. The van der Waals surface area contributed by atoms with Gasteiger partial charge in [0.2, 0.25) is 0 Å². The first-order valence-electron chi connectivity index (χ1n) is 5.90. The molecule has 0 radical (unpaired) electrons. The molecule has 0 bridgehead atoms. The zero-order valence-electron chi connectivity index (χ0n) is 11.0. The molecule has 0 aromatic heterocycles. The molecule has 2 rings (SSSR count). The Kier molecular flexibility index (Phi) is 4.06. The molecule has 1 unspecified atom stereocenters. The lowest BCUT2D eigenvalue weighted by atomic mass is 9.98. The Morgan fingerprint density at radius 2 is 1.48 bits per heavy atom. The van der Waals surface area contributed by atoms with Gasteiger partial charge in [-0.05, 0) is 17.7 Å². The molecule has 0 amide bonds. The second-order valence-electron chi connectivity index (χ2n) is 4.60. The maximum absolute atomic E-state index is 13.7. The van der Waals surface area contributed by atoms with E-state index in [2.05, 4.69) is 0 Å². The molecular formula is C14H12F3NO2S. The van der Waals surface area contributed by atoms with Crippen molar-refractivity contribution in [3.05, 3.63) is 65.0 Å². The summed E-state index contributed by atoms with van der Waals surface area (Å²) in [5.74, 6) is -3.22. The maximum atomic E-state index is 13.7. The first kappa shape index (κ1) is 15.5. The van der Waals surface area contributed by atoms with Gasteiger partial charge < -0.3 is 5.73 Å². The van der Waals surface area contributed by atoms with Crippen LogP contribution >= 0.6 is 0 Å². The molecule has 7 heteroatoms. The van der Waals surface area contributed by atoms with Crippen LogP contribution in [0.3, 0.4) is 0 Å². The summed E-state index contributed by atoms with van der Waals surface area (Å²) in [4.78, 5) is 0.0681. The Balaban J connectivity index is 2.44. The number of halogens is 3. The molecule has 0 saturated heterocycles. The average Bonchev–Trinajstić information content (AvgIpc) is 2.36. The van der Waals surface area contributed by atoms with Crippen LogP contribution in [-0.2, 0) is 9.84 Å². The molecule has 0 aliphatic carbocycles. The first-order valence-corrected chi connectivity index (χ1v) is 7.79. The molecule has 0 saturated carbocycles. The van der Waals surface area contributed by atoms with Crippen molar-refractivity contribution in [3.63, 3.8) is 0 Å². The van der Waals surface area contributed by atoms with E-state index in [4.69, 9.17) is 5.73 Å². The van der Waals surface area contributed by atoms with Crippen LogP contribution in [0.2, 0.25) is 0 Å². The van der Waals surface area contributed by atoms with Crippen molar-refractivity contribution in [2.45, 2.75) is 10.9 Å². The van der Waals surface area contributed by atoms with Crippen molar-refractivity contribution in [2.24, 2.45) is 5.73 Å². The quantitative estimate of drug-likeness (QED) is 0.947. The molecule has 112 valence electrons. The van der Waals surface area contributed by atoms with Gasteiger partial charge in [-0.1, -0.05) is 12.1 Å². The van der Waals surface area contributed by atoms with Crippen LogP contribution in [-0.4, -0.2) is 14.7 Å². The molecule has 2 aromatic rings. The van der Waals surface area contributed by atoms with Crippen molar-refractivity contribution in [1.29, 1.82) is 0 Å². The molecule has 2 N–H and O–H groups in total. The molecule has 21 heavy (non-hydrogen) atoms. The van der Waals surface area contributed by atoms with Gasteiger partial charge in [0, 0.05) is 24.0 Å². The number of nitrogens with two attached hydrogens (primary N) is 1. The summed E-state index contributed by atoms with van der Waals surface area (Å²) < 4.78 is 62.9. The number of benzene rings is 2. The second-order valence-corrected chi connectivity index (χ2v) is 6.62. The number of sulfone groups is 1. The minimum atomic E-state index is -3.37. The molecule has 3 nitrogen and oxygen atoms in total. The average molecular weight is 315 g/mol. The van der Waals surface area contributed by atoms with E-state index in [-0.39, 0.29) is 4.90 Å². The smallest absolute Gasteiger partial charge is 0.175 e. The standard InChI is InChI=1S/C14H12F3NO2S/c1-21(19,20)10-4-2-8(3-5-10)14(18)13-11(16)6-9(15)7-12(13)17/h2-7,14H,18H2,1H3. The fraction of sp³-hybridized carbons (Fsp3) is 0.143. The van der Waals surface area contributed by atoms with Crippen LogP contribution in [0.4, 0.5) is 13.2 Å². The minimum absolute atomic E-state index is 0.0681. The Labute approximate surface area is 120 Å². The molecule has 0 fully saturated rings. The van der Waals surface area contributed by atoms with Gasteiger partial charge in [-0.15, -0.1) is 0 Å². The van der Waals surface area contributed by atoms with Crippen LogP contribution < -0.4 is 5.73 Å². The van der Waals surface area contributed by atoms with E-state index in [1.807, 2.05) is 0 Å². The Hall–Kier alpha value is -1.86. The van der Waals surface area contributed by atoms with E-state index in [0.29, 0.717) is 17.7 Å². The van der Waals surface area contributed by atoms with Gasteiger partial charge in [0.25, 0.3) is 0 Å². The van der Waals surface area contributed by atoms with Gasteiger partial charge in [0.15, 0.2) is 9.84 Å². The Morgan fingerprint density at radius 1 is 1.00 bits per heavy atom. The third kappa shape index (κ3) is 3.25. The van der Waals surface area contributed by atoms with Gasteiger partial charge in [-0.25, -0.2) is 21.6 Å². The van der Waals surface area contributed by atoms with Crippen LogP contribution in [0.15, 0.2) is 41.3 Å². The van der Waals surface area contributed by atoms with E-state index in [1.54, 1.807) is 0 Å². The number of hydrogen-bond donors (Lipinski definition) is 1. The third-order valence-electron chi connectivity index (χ3n) is 3.02. The van der Waals surface area contributed by atoms with Crippen molar-refractivity contribution < 1.29 is 21.6 Å². The molecule has 0 spiro atoms. The number of hydrogen-bond acceptors (Lipinski definition) is 3. The van der Waals surface area contributed by atoms with E-state index in [1.165, 1.54) is 24.3 Å². The minimum Gasteiger partial charge on any atom is -0.320 e. The first-order chi connectivity index (χ1) is 9.70. The SMILES string of the molecule is CS(=O)(=O)c1ccc(C(N)c2c(F)cc(F)cc2F)cc1. The summed E-state index contributed by atoms with van der Waals surface area (Å²) in [6.45, 7) is 0. The van der Waals surface area contributed by atoms with E-state index in [9.17, 15) is 21.6 Å². The van der Waals surface area contributed by atoms with E-state index >= 15 is 0 Å². The predicted molar refractivity (Wildman–Crippen MR) is 71.9 cm³/mol. The van der Waals surface area contributed by atoms with Crippen LogP contribution in [0, 0.1) is 17.5 Å². The molecular weight excluding hydrogens is 303 g/mol. The lowest BCUT2D eigenvalue weighted by molar-refractivity contribution is 0.515. The van der Waals surface area contributed by atoms with Crippen molar-refractivity contribution in [3.8, 4) is 0 Å². The summed E-state index contributed by atoms with van der Waals surface area (Å²) in [5, 5.41) is 0. The summed E-state index contributed by atoms with van der Waals surface area (Å²) >= 11 is 0. The second kappa shape index (κ2) is 5.50. The highest BCUT2D eigenvalue weighted by atomic mass is 32.2. The Bertz CT molecular complexity index is 750. The Morgan fingerprint density at radius 3 is 1.90 bits per heavy atom. The number of rotatable bonds is 3. The van der Waals surface area contributed by atoms with Crippen LogP contribution in [0.5, 0.6) is 0 Å². The van der Waals surface area contributed by atoms with E-state index in [0.717, 1.165) is 6.26 Å². The topological polar surface area (TPSA) is 60.2 Å². The third-order valence-corrected chi connectivity index (χ3v) is 4.15. The van der Waals surface area contributed by atoms with Crippen molar-refractivity contribution >= 4 is 9.84 Å². The maximum Gasteiger partial charge on any atom is 0.175 e. The van der Waals surface area contributed by atoms with E-state index < -0.39 is 38.9 Å². The highest BCUT2D eigenvalue weighted by Gasteiger charge is 2.20. The van der Waals surface area contributed by atoms with Crippen molar-refractivity contribution in [1.82, 2.24) is 0 Å². The molecule has 0 heterocycles. The van der Waals surface area contributed by atoms with Gasteiger partial charge >= 0.3 is 0 Å². The fourth-order valence-electron chi connectivity index (χ4n) is 1.94. The lowest BCUT2D eigenvalue weighted by Gasteiger charge is -2.15.